The SMILES string of the molecule is CC(C)C(CS)n1c(O)cn(CC(=O)O)c1=O. The zero-order valence-corrected chi connectivity index (χ0v) is 10.6. The van der Waals surface area contributed by atoms with Crippen molar-refractivity contribution in [3.63, 3.8) is 0 Å². The van der Waals surface area contributed by atoms with Gasteiger partial charge in [0.15, 0.2) is 0 Å². The number of imidazole rings is 1. The predicted molar refractivity (Wildman–Crippen MR) is 65.7 cm³/mol. The highest BCUT2D eigenvalue weighted by Crippen LogP contribution is 2.22. The van der Waals surface area contributed by atoms with Gasteiger partial charge in [-0.05, 0) is 5.92 Å². The van der Waals surface area contributed by atoms with E-state index in [2.05, 4.69) is 12.6 Å². The third-order valence-electron chi connectivity index (χ3n) is 2.56. The Kier molecular flexibility index (Phi) is 4.28. The molecule has 1 atom stereocenters. The molecule has 0 spiro atoms. The summed E-state index contributed by atoms with van der Waals surface area (Å²) in [4.78, 5) is 22.4. The van der Waals surface area contributed by atoms with Gasteiger partial charge >= 0.3 is 11.7 Å². The Morgan fingerprint density at radius 1 is 1.53 bits per heavy atom. The lowest BCUT2D eigenvalue weighted by molar-refractivity contribution is -0.137. The van der Waals surface area contributed by atoms with Crippen LogP contribution in [0.25, 0.3) is 0 Å². The summed E-state index contributed by atoms with van der Waals surface area (Å²) in [5.74, 6) is -0.862. The van der Waals surface area contributed by atoms with Crippen LogP contribution in [-0.2, 0) is 11.3 Å². The van der Waals surface area contributed by atoms with E-state index >= 15 is 0 Å². The molecule has 1 heterocycles. The van der Waals surface area contributed by atoms with Crippen LogP contribution in [-0.4, -0.2) is 31.1 Å². The molecule has 0 saturated heterocycles. The van der Waals surface area contributed by atoms with Crippen LogP contribution in [0.15, 0.2) is 11.0 Å². The van der Waals surface area contributed by atoms with Crippen molar-refractivity contribution in [3.8, 4) is 5.88 Å². The molecule has 0 aliphatic heterocycles. The van der Waals surface area contributed by atoms with E-state index in [0.29, 0.717) is 5.75 Å². The molecular weight excluding hydrogens is 244 g/mol. The second-order valence-corrected chi connectivity index (χ2v) is 4.52. The number of carbonyl (C=O) groups is 1. The van der Waals surface area contributed by atoms with Crippen LogP contribution in [0.1, 0.15) is 19.9 Å². The molecule has 1 unspecified atom stereocenters. The lowest BCUT2D eigenvalue weighted by Crippen LogP contribution is -2.31. The van der Waals surface area contributed by atoms with Crippen LogP contribution in [0.5, 0.6) is 5.88 Å². The zero-order valence-electron chi connectivity index (χ0n) is 9.70. The molecule has 1 aromatic rings. The van der Waals surface area contributed by atoms with Gasteiger partial charge in [-0.3, -0.25) is 13.9 Å². The van der Waals surface area contributed by atoms with Gasteiger partial charge in [0.1, 0.15) is 6.54 Å². The van der Waals surface area contributed by atoms with E-state index in [1.807, 2.05) is 13.8 Å². The van der Waals surface area contributed by atoms with E-state index in [4.69, 9.17) is 5.11 Å². The standard InChI is InChI=1S/C10H16N2O4S/c1-6(2)7(5-17)12-8(13)3-11(10(12)16)4-9(14)15/h3,6-7,13,17H,4-5H2,1-2H3,(H,14,15). The van der Waals surface area contributed by atoms with Gasteiger partial charge in [0.05, 0.1) is 12.2 Å². The molecule has 96 valence electrons. The molecule has 17 heavy (non-hydrogen) atoms. The van der Waals surface area contributed by atoms with Crippen molar-refractivity contribution >= 4 is 18.6 Å². The molecule has 0 amide bonds. The molecule has 0 radical (unpaired) electrons. The van der Waals surface area contributed by atoms with Crippen LogP contribution >= 0.6 is 12.6 Å². The van der Waals surface area contributed by atoms with Crippen LogP contribution in [0, 0.1) is 5.92 Å². The van der Waals surface area contributed by atoms with E-state index in [1.165, 1.54) is 4.57 Å². The fourth-order valence-electron chi connectivity index (χ4n) is 1.65. The highest BCUT2D eigenvalue weighted by atomic mass is 32.1. The largest absolute Gasteiger partial charge is 0.493 e. The van der Waals surface area contributed by atoms with Crippen molar-refractivity contribution in [2.24, 2.45) is 5.92 Å². The molecule has 0 bridgehead atoms. The average Bonchev–Trinajstić information content (AvgIpc) is 2.45. The number of aliphatic carboxylic acids is 1. The summed E-state index contributed by atoms with van der Waals surface area (Å²) in [6.07, 6.45) is 1.13. The third-order valence-corrected chi connectivity index (χ3v) is 2.94. The lowest BCUT2D eigenvalue weighted by Gasteiger charge is -2.19. The number of rotatable bonds is 5. The van der Waals surface area contributed by atoms with Crippen molar-refractivity contribution in [3.05, 3.63) is 16.7 Å². The van der Waals surface area contributed by atoms with Crippen molar-refractivity contribution in [2.75, 3.05) is 5.75 Å². The second-order valence-electron chi connectivity index (χ2n) is 4.16. The Morgan fingerprint density at radius 2 is 2.12 bits per heavy atom. The lowest BCUT2D eigenvalue weighted by atomic mass is 10.1. The average molecular weight is 260 g/mol. The van der Waals surface area contributed by atoms with Crippen LogP contribution < -0.4 is 5.69 Å². The molecule has 0 aliphatic rings. The van der Waals surface area contributed by atoms with E-state index in [1.54, 1.807) is 0 Å². The molecule has 0 aromatic carbocycles. The molecule has 0 aliphatic carbocycles. The summed E-state index contributed by atoms with van der Waals surface area (Å²) in [5, 5.41) is 18.3. The Hall–Kier alpha value is -1.37. The molecule has 2 N–H and O–H groups in total. The minimum Gasteiger partial charge on any atom is -0.493 e. The quantitative estimate of drug-likeness (QED) is 0.676. The fourth-order valence-corrected chi connectivity index (χ4v) is 2.24. The van der Waals surface area contributed by atoms with Gasteiger partial charge in [0.2, 0.25) is 5.88 Å². The Morgan fingerprint density at radius 3 is 2.53 bits per heavy atom. The van der Waals surface area contributed by atoms with Gasteiger partial charge < -0.3 is 10.2 Å². The summed E-state index contributed by atoms with van der Waals surface area (Å²) < 4.78 is 2.15. The van der Waals surface area contributed by atoms with Gasteiger partial charge in [0, 0.05) is 5.75 Å². The molecule has 7 heteroatoms. The summed E-state index contributed by atoms with van der Waals surface area (Å²) in [5.41, 5.74) is -0.530. The first-order valence-electron chi connectivity index (χ1n) is 5.21. The molecule has 0 fully saturated rings. The first-order valence-corrected chi connectivity index (χ1v) is 5.85. The van der Waals surface area contributed by atoms with E-state index in [-0.39, 0.29) is 17.8 Å². The van der Waals surface area contributed by atoms with Gasteiger partial charge in [-0.1, -0.05) is 13.8 Å². The number of aromatic hydroxyl groups is 1. The predicted octanol–water partition coefficient (Wildman–Crippen LogP) is 0.567. The first-order chi connectivity index (χ1) is 7.88. The normalized spacial score (nSPS) is 12.9. The molecule has 1 aromatic heterocycles. The number of nitrogens with zero attached hydrogens (tertiary/aromatic N) is 2. The molecule has 0 saturated carbocycles. The van der Waals surface area contributed by atoms with Crippen molar-refractivity contribution < 1.29 is 15.0 Å². The number of carboxylic acid groups (broad SMARTS) is 1. The molecule has 6 nitrogen and oxygen atoms in total. The zero-order chi connectivity index (χ0) is 13.2. The van der Waals surface area contributed by atoms with E-state index < -0.39 is 18.2 Å². The van der Waals surface area contributed by atoms with Gasteiger partial charge in [0.25, 0.3) is 0 Å². The summed E-state index contributed by atoms with van der Waals surface area (Å²) in [6, 6.07) is -0.263. The summed E-state index contributed by atoms with van der Waals surface area (Å²) in [6.45, 7) is 3.35. The summed E-state index contributed by atoms with van der Waals surface area (Å²) >= 11 is 4.14. The van der Waals surface area contributed by atoms with Gasteiger partial charge in [-0.25, -0.2) is 4.79 Å². The number of aromatic nitrogens is 2. The van der Waals surface area contributed by atoms with Crippen molar-refractivity contribution in [1.29, 1.82) is 0 Å². The smallest absolute Gasteiger partial charge is 0.331 e. The Balaban J connectivity index is 3.21. The van der Waals surface area contributed by atoms with E-state index in [9.17, 15) is 14.7 Å². The maximum absolute atomic E-state index is 11.9. The number of hydrogen-bond donors (Lipinski definition) is 3. The van der Waals surface area contributed by atoms with Crippen molar-refractivity contribution in [2.45, 2.75) is 26.4 Å². The van der Waals surface area contributed by atoms with E-state index in [0.717, 1.165) is 10.8 Å². The maximum Gasteiger partial charge on any atom is 0.331 e. The summed E-state index contributed by atoms with van der Waals surface area (Å²) in [7, 11) is 0. The second kappa shape index (κ2) is 5.31. The van der Waals surface area contributed by atoms with Gasteiger partial charge in [-0.2, -0.15) is 12.6 Å². The minimum atomic E-state index is -1.13. The first kappa shape index (κ1) is 13.7. The maximum atomic E-state index is 11.9. The highest BCUT2D eigenvalue weighted by molar-refractivity contribution is 7.80. The molecule has 1 rings (SSSR count). The number of hydrogen-bond acceptors (Lipinski definition) is 4. The minimum absolute atomic E-state index is 0.108. The topological polar surface area (TPSA) is 84.5 Å². The Bertz CT molecular complexity index is 463. The van der Waals surface area contributed by atoms with Crippen LogP contribution in [0.4, 0.5) is 0 Å². The van der Waals surface area contributed by atoms with Crippen LogP contribution in [0.2, 0.25) is 0 Å². The monoisotopic (exact) mass is 260 g/mol. The third kappa shape index (κ3) is 2.85. The molecular formula is C10H16N2O4S. The number of thiol groups is 1. The van der Waals surface area contributed by atoms with Gasteiger partial charge in [-0.15, -0.1) is 0 Å². The highest BCUT2D eigenvalue weighted by Gasteiger charge is 2.21. The Labute approximate surface area is 104 Å². The van der Waals surface area contributed by atoms with Crippen LogP contribution in [0.3, 0.4) is 0 Å². The number of carboxylic acids is 1. The van der Waals surface area contributed by atoms with Crippen molar-refractivity contribution in [1.82, 2.24) is 9.13 Å². The fraction of sp³-hybridized carbons (Fsp3) is 0.600.